The Morgan fingerprint density at radius 3 is 2.48 bits per heavy atom. The quantitative estimate of drug-likeness (QED) is 0.396. The maximum absolute atomic E-state index is 12.9. The van der Waals surface area contributed by atoms with Crippen LogP contribution in [-0.4, -0.2) is 54.6 Å². The molecule has 8 nitrogen and oxygen atoms in total. The number of rotatable bonds is 7. The minimum atomic E-state index is -0.450. The highest BCUT2D eigenvalue weighted by molar-refractivity contribution is 6.18. The highest BCUT2D eigenvalue weighted by Crippen LogP contribution is 2.29. The minimum absolute atomic E-state index is 0.000853. The summed E-state index contributed by atoms with van der Waals surface area (Å²) in [7, 11) is 1.32. The van der Waals surface area contributed by atoms with E-state index in [1.54, 1.807) is 49.4 Å². The number of hydrogen-bond donors (Lipinski definition) is 2. The summed E-state index contributed by atoms with van der Waals surface area (Å²) in [6.45, 7) is 1.66. The van der Waals surface area contributed by atoms with Crippen LogP contribution in [0.1, 0.15) is 29.5 Å². The van der Waals surface area contributed by atoms with Gasteiger partial charge in [0.1, 0.15) is 11.5 Å². The molecule has 1 aliphatic rings. The summed E-state index contributed by atoms with van der Waals surface area (Å²) in [4.78, 5) is 38.2. The number of nitrogens with two attached hydrogens (primary N) is 1. The van der Waals surface area contributed by atoms with Gasteiger partial charge in [0, 0.05) is 36.4 Å². The molecule has 0 radical (unpaired) electrons. The van der Waals surface area contributed by atoms with Gasteiger partial charge in [-0.25, -0.2) is 4.79 Å². The fourth-order valence-corrected chi connectivity index (χ4v) is 3.34. The minimum Gasteiger partial charge on any atom is -0.465 e. The Balaban J connectivity index is 1.92. The van der Waals surface area contributed by atoms with Gasteiger partial charge in [-0.15, -0.1) is 0 Å². The normalized spacial score (nSPS) is 15.7. The molecule has 0 fully saturated rings. The average molecular weight is 424 g/mol. The Morgan fingerprint density at radius 1 is 1.16 bits per heavy atom. The first-order valence-electron chi connectivity index (χ1n) is 9.78. The topological polar surface area (TPSA) is 123 Å². The summed E-state index contributed by atoms with van der Waals surface area (Å²) in [6.07, 6.45) is 1.87. The molecule has 0 unspecified atom stereocenters. The van der Waals surface area contributed by atoms with Gasteiger partial charge in [0.25, 0.3) is 11.8 Å². The molecule has 31 heavy (non-hydrogen) atoms. The number of benzene rings is 1. The SMILES string of the molecule is COC(=O)c1ccc(-c2ccc(/C=C3\C(=O)N(CCCO)C(=O)C(CN)=C3C)o2)cc1. The van der Waals surface area contributed by atoms with E-state index in [-0.39, 0.29) is 26.1 Å². The van der Waals surface area contributed by atoms with Crippen molar-refractivity contribution < 1.29 is 28.6 Å². The number of amides is 2. The second kappa shape index (κ2) is 9.55. The monoisotopic (exact) mass is 424 g/mol. The Hall–Kier alpha value is -3.49. The van der Waals surface area contributed by atoms with Crippen LogP contribution >= 0.6 is 0 Å². The van der Waals surface area contributed by atoms with Crippen LogP contribution in [0.15, 0.2) is 57.5 Å². The van der Waals surface area contributed by atoms with Gasteiger partial charge in [-0.2, -0.15) is 0 Å². The number of carbonyl (C=O) groups is 3. The molecule has 2 aromatic rings. The highest BCUT2D eigenvalue weighted by atomic mass is 16.5. The Kier molecular flexibility index (Phi) is 6.84. The van der Waals surface area contributed by atoms with Crippen LogP contribution in [-0.2, 0) is 14.3 Å². The summed E-state index contributed by atoms with van der Waals surface area (Å²) < 4.78 is 10.6. The second-order valence-corrected chi connectivity index (χ2v) is 6.98. The predicted molar refractivity (Wildman–Crippen MR) is 114 cm³/mol. The van der Waals surface area contributed by atoms with Crippen LogP contribution < -0.4 is 5.73 Å². The number of carbonyl (C=O) groups excluding carboxylic acids is 3. The smallest absolute Gasteiger partial charge is 0.337 e. The molecular weight excluding hydrogens is 400 g/mol. The van der Waals surface area contributed by atoms with Gasteiger partial charge in [0.05, 0.1) is 12.7 Å². The van der Waals surface area contributed by atoms with Gasteiger partial charge in [-0.3, -0.25) is 14.5 Å². The van der Waals surface area contributed by atoms with Crippen molar-refractivity contribution in [3.05, 3.63) is 64.4 Å². The Labute approximate surface area is 179 Å². The van der Waals surface area contributed by atoms with Gasteiger partial charge >= 0.3 is 5.97 Å². The molecule has 1 aliphatic heterocycles. The van der Waals surface area contributed by atoms with Crippen LogP contribution in [0, 0.1) is 0 Å². The number of aliphatic hydroxyl groups is 1. The molecule has 0 aliphatic carbocycles. The van der Waals surface area contributed by atoms with Crippen LogP contribution in [0.3, 0.4) is 0 Å². The molecule has 3 N–H and O–H groups in total. The largest absolute Gasteiger partial charge is 0.465 e. The fourth-order valence-electron chi connectivity index (χ4n) is 3.34. The predicted octanol–water partition coefficient (Wildman–Crippen LogP) is 2.14. The fraction of sp³-hybridized carbons (Fsp3) is 0.261. The van der Waals surface area contributed by atoms with Crippen molar-refractivity contribution in [1.29, 1.82) is 0 Å². The van der Waals surface area contributed by atoms with Crippen molar-refractivity contribution in [2.24, 2.45) is 5.73 Å². The molecule has 1 aromatic carbocycles. The number of aliphatic hydroxyl groups excluding tert-OH is 1. The highest BCUT2D eigenvalue weighted by Gasteiger charge is 2.34. The van der Waals surface area contributed by atoms with E-state index in [0.717, 1.165) is 10.5 Å². The zero-order valence-corrected chi connectivity index (χ0v) is 17.4. The van der Waals surface area contributed by atoms with E-state index in [1.165, 1.54) is 7.11 Å². The molecule has 0 spiro atoms. The molecule has 3 rings (SSSR count). The number of furan rings is 1. The summed E-state index contributed by atoms with van der Waals surface area (Å²) in [5.74, 6) is -0.316. The molecule has 0 saturated carbocycles. The maximum Gasteiger partial charge on any atom is 0.337 e. The molecule has 8 heteroatoms. The van der Waals surface area contributed by atoms with E-state index < -0.39 is 17.8 Å². The van der Waals surface area contributed by atoms with Crippen molar-refractivity contribution in [3.8, 4) is 11.3 Å². The first-order valence-corrected chi connectivity index (χ1v) is 9.78. The summed E-state index contributed by atoms with van der Waals surface area (Å²) >= 11 is 0. The summed E-state index contributed by atoms with van der Waals surface area (Å²) in [5.41, 5.74) is 8.12. The number of methoxy groups -OCH3 is 1. The van der Waals surface area contributed by atoms with E-state index >= 15 is 0 Å². The number of nitrogens with zero attached hydrogens (tertiary/aromatic N) is 1. The molecule has 2 amide bonds. The van der Waals surface area contributed by atoms with Gasteiger partial charge in [0.15, 0.2) is 0 Å². The van der Waals surface area contributed by atoms with Crippen LogP contribution in [0.5, 0.6) is 0 Å². The summed E-state index contributed by atoms with van der Waals surface area (Å²) in [5, 5.41) is 9.08. The zero-order chi connectivity index (χ0) is 22.5. The average Bonchev–Trinajstić information content (AvgIpc) is 3.25. The molecule has 0 bridgehead atoms. The maximum atomic E-state index is 12.9. The lowest BCUT2D eigenvalue weighted by Crippen LogP contribution is -2.45. The van der Waals surface area contributed by atoms with E-state index in [1.807, 2.05) is 0 Å². The van der Waals surface area contributed by atoms with Gasteiger partial charge < -0.3 is 20.0 Å². The number of imide groups is 1. The van der Waals surface area contributed by atoms with Gasteiger partial charge in [-0.1, -0.05) is 12.1 Å². The molecule has 1 aromatic heterocycles. The first-order chi connectivity index (χ1) is 14.9. The molecule has 162 valence electrons. The third-order valence-electron chi connectivity index (χ3n) is 5.08. The van der Waals surface area contributed by atoms with Gasteiger partial charge in [-0.05, 0) is 49.3 Å². The third kappa shape index (κ3) is 4.50. The number of ether oxygens (including phenoxy) is 1. The zero-order valence-electron chi connectivity index (χ0n) is 17.4. The lowest BCUT2D eigenvalue weighted by atomic mass is 9.94. The molecule has 0 atom stereocenters. The third-order valence-corrected chi connectivity index (χ3v) is 5.08. The van der Waals surface area contributed by atoms with Crippen molar-refractivity contribution >= 4 is 23.9 Å². The van der Waals surface area contributed by atoms with E-state index in [0.29, 0.717) is 33.8 Å². The van der Waals surface area contributed by atoms with Crippen molar-refractivity contribution in [3.63, 3.8) is 0 Å². The van der Waals surface area contributed by atoms with Crippen molar-refractivity contribution in [1.82, 2.24) is 4.90 Å². The van der Waals surface area contributed by atoms with Crippen molar-refractivity contribution in [2.75, 3.05) is 26.8 Å². The lowest BCUT2D eigenvalue weighted by Gasteiger charge is -2.29. The van der Waals surface area contributed by atoms with Crippen LogP contribution in [0.2, 0.25) is 0 Å². The van der Waals surface area contributed by atoms with Crippen LogP contribution in [0.4, 0.5) is 0 Å². The Bertz CT molecular complexity index is 1060. The molecular formula is C23H24N2O6. The van der Waals surface area contributed by atoms with E-state index in [2.05, 4.69) is 0 Å². The summed E-state index contributed by atoms with van der Waals surface area (Å²) in [6, 6.07) is 10.2. The molecule has 0 saturated heterocycles. The van der Waals surface area contributed by atoms with Crippen LogP contribution in [0.25, 0.3) is 17.4 Å². The number of esters is 1. The van der Waals surface area contributed by atoms with Gasteiger partial charge in [0.2, 0.25) is 0 Å². The Morgan fingerprint density at radius 2 is 1.87 bits per heavy atom. The standard InChI is InChI=1S/C23H24N2O6/c1-14-18(21(27)25(10-3-11-26)22(28)19(14)13-24)12-17-8-9-20(31-17)15-4-6-16(7-5-15)23(29)30-2/h4-9,12,26H,3,10-11,13,24H2,1-2H3/b18-12-. The second-order valence-electron chi connectivity index (χ2n) is 6.98. The van der Waals surface area contributed by atoms with Crippen molar-refractivity contribution in [2.45, 2.75) is 13.3 Å². The first kappa shape index (κ1) is 22.2. The lowest BCUT2D eigenvalue weighted by molar-refractivity contribution is -0.140. The molecule has 2 heterocycles. The van der Waals surface area contributed by atoms with E-state index in [9.17, 15) is 14.4 Å². The van der Waals surface area contributed by atoms with E-state index in [4.69, 9.17) is 20.0 Å². The number of hydrogen-bond acceptors (Lipinski definition) is 7.